The van der Waals surface area contributed by atoms with Crippen LogP contribution in [0.5, 0.6) is 0 Å². The minimum Gasteiger partial charge on any atom is -0.390 e. The van der Waals surface area contributed by atoms with Crippen LogP contribution in [0.2, 0.25) is 0 Å². The first-order chi connectivity index (χ1) is 5.70. The number of hydrogen-bond donors (Lipinski definition) is 1. The lowest BCUT2D eigenvalue weighted by atomic mass is 10.1. The van der Waals surface area contributed by atoms with Crippen LogP contribution in [0.15, 0.2) is 10.7 Å². The molecule has 0 amide bonds. The molecule has 1 heterocycles. The fourth-order valence-corrected chi connectivity index (χ4v) is 1.32. The molecule has 1 aromatic heterocycles. The second kappa shape index (κ2) is 2.59. The average molecular weight is 167 g/mol. The van der Waals surface area contributed by atoms with Gasteiger partial charge in [-0.3, -0.25) is 0 Å². The molecule has 0 atom stereocenters. The van der Waals surface area contributed by atoms with Crippen LogP contribution in [0.25, 0.3) is 0 Å². The molecule has 0 aliphatic heterocycles. The maximum Gasteiger partial charge on any atom is 0.136 e. The number of aliphatic hydroxyl groups is 1. The summed E-state index contributed by atoms with van der Waals surface area (Å²) in [5.74, 6) is 0.874. The molecule has 0 aromatic carbocycles. The minimum absolute atomic E-state index is 0.357. The van der Waals surface area contributed by atoms with Gasteiger partial charge in [-0.2, -0.15) is 0 Å². The zero-order valence-corrected chi connectivity index (χ0v) is 7.21. The number of rotatable bonds is 3. The number of hydrogen-bond acceptors (Lipinski definition) is 3. The van der Waals surface area contributed by atoms with Crippen LogP contribution in [-0.2, 0) is 6.42 Å². The molecule has 0 bridgehead atoms. The zero-order chi connectivity index (χ0) is 8.60. The predicted molar refractivity (Wildman–Crippen MR) is 43.7 cm³/mol. The van der Waals surface area contributed by atoms with Crippen molar-refractivity contribution in [1.82, 2.24) is 5.16 Å². The molecule has 0 spiro atoms. The SMILES string of the molecule is Cc1oncc1CCC1(O)CC1. The van der Waals surface area contributed by atoms with E-state index in [4.69, 9.17) is 4.52 Å². The maximum absolute atomic E-state index is 9.57. The van der Waals surface area contributed by atoms with E-state index in [0.29, 0.717) is 0 Å². The van der Waals surface area contributed by atoms with E-state index >= 15 is 0 Å². The van der Waals surface area contributed by atoms with Crippen LogP contribution < -0.4 is 0 Å². The van der Waals surface area contributed by atoms with Crippen LogP contribution in [0.4, 0.5) is 0 Å². The third-order valence-electron chi connectivity index (χ3n) is 2.54. The van der Waals surface area contributed by atoms with Crippen LogP contribution >= 0.6 is 0 Å². The highest BCUT2D eigenvalue weighted by Crippen LogP contribution is 2.39. The Kier molecular flexibility index (Phi) is 1.68. The van der Waals surface area contributed by atoms with Gasteiger partial charge in [0.25, 0.3) is 0 Å². The van der Waals surface area contributed by atoms with E-state index in [0.717, 1.165) is 37.0 Å². The Morgan fingerprint density at radius 1 is 1.67 bits per heavy atom. The van der Waals surface area contributed by atoms with E-state index in [1.165, 1.54) is 0 Å². The molecule has 1 aromatic rings. The molecule has 66 valence electrons. The van der Waals surface area contributed by atoms with Gasteiger partial charge in [-0.05, 0) is 32.6 Å². The molecule has 1 aliphatic carbocycles. The van der Waals surface area contributed by atoms with Crippen molar-refractivity contribution in [2.24, 2.45) is 0 Å². The van der Waals surface area contributed by atoms with E-state index < -0.39 is 0 Å². The topological polar surface area (TPSA) is 46.3 Å². The monoisotopic (exact) mass is 167 g/mol. The molecule has 2 rings (SSSR count). The Morgan fingerprint density at radius 3 is 2.92 bits per heavy atom. The van der Waals surface area contributed by atoms with E-state index in [-0.39, 0.29) is 5.60 Å². The second-order valence-electron chi connectivity index (χ2n) is 3.63. The van der Waals surface area contributed by atoms with Gasteiger partial charge in [-0.25, -0.2) is 0 Å². The molecule has 3 heteroatoms. The van der Waals surface area contributed by atoms with E-state index in [1.807, 2.05) is 6.92 Å². The molecule has 0 unspecified atom stereocenters. The Labute approximate surface area is 71.4 Å². The molecule has 1 aliphatic rings. The first-order valence-corrected chi connectivity index (χ1v) is 4.32. The smallest absolute Gasteiger partial charge is 0.136 e. The lowest BCUT2D eigenvalue weighted by molar-refractivity contribution is 0.140. The largest absolute Gasteiger partial charge is 0.390 e. The molecule has 1 N–H and O–H groups in total. The molecule has 1 saturated carbocycles. The molecule has 1 fully saturated rings. The highest BCUT2D eigenvalue weighted by molar-refractivity contribution is 5.13. The highest BCUT2D eigenvalue weighted by atomic mass is 16.5. The fraction of sp³-hybridized carbons (Fsp3) is 0.667. The zero-order valence-electron chi connectivity index (χ0n) is 7.21. The molecule has 0 radical (unpaired) electrons. The lowest BCUT2D eigenvalue weighted by Crippen LogP contribution is -2.07. The van der Waals surface area contributed by atoms with Gasteiger partial charge < -0.3 is 9.63 Å². The summed E-state index contributed by atoms with van der Waals surface area (Å²) in [4.78, 5) is 0. The van der Waals surface area contributed by atoms with Gasteiger partial charge in [0.2, 0.25) is 0 Å². The summed E-state index contributed by atoms with van der Waals surface area (Å²) in [6, 6.07) is 0. The Bertz CT molecular complexity index is 276. The van der Waals surface area contributed by atoms with Gasteiger partial charge in [-0.15, -0.1) is 0 Å². The van der Waals surface area contributed by atoms with Gasteiger partial charge in [0.15, 0.2) is 0 Å². The van der Waals surface area contributed by atoms with E-state index in [2.05, 4.69) is 5.16 Å². The van der Waals surface area contributed by atoms with Crippen molar-refractivity contribution < 1.29 is 9.63 Å². The fourth-order valence-electron chi connectivity index (χ4n) is 1.32. The van der Waals surface area contributed by atoms with Crippen molar-refractivity contribution in [3.63, 3.8) is 0 Å². The number of aromatic nitrogens is 1. The molecular formula is C9H13NO2. The number of nitrogens with zero attached hydrogens (tertiary/aromatic N) is 1. The maximum atomic E-state index is 9.57. The van der Waals surface area contributed by atoms with Crippen LogP contribution in [0, 0.1) is 6.92 Å². The molecular weight excluding hydrogens is 154 g/mol. The summed E-state index contributed by atoms with van der Waals surface area (Å²) < 4.78 is 4.92. The van der Waals surface area contributed by atoms with Crippen molar-refractivity contribution in [2.75, 3.05) is 0 Å². The summed E-state index contributed by atoms with van der Waals surface area (Å²) in [5.41, 5.74) is 0.763. The molecule has 0 saturated heterocycles. The summed E-state index contributed by atoms with van der Waals surface area (Å²) in [5, 5.41) is 13.3. The lowest BCUT2D eigenvalue weighted by Gasteiger charge is -2.04. The van der Waals surface area contributed by atoms with Crippen molar-refractivity contribution in [1.29, 1.82) is 0 Å². The molecule has 12 heavy (non-hydrogen) atoms. The van der Waals surface area contributed by atoms with Gasteiger partial charge in [0.05, 0.1) is 11.8 Å². The van der Waals surface area contributed by atoms with E-state index in [1.54, 1.807) is 6.20 Å². The summed E-state index contributed by atoms with van der Waals surface area (Å²) in [7, 11) is 0. The Balaban J connectivity index is 1.91. The molecule has 3 nitrogen and oxygen atoms in total. The summed E-state index contributed by atoms with van der Waals surface area (Å²) >= 11 is 0. The first kappa shape index (κ1) is 7.80. The summed E-state index contributed by atoms with van der Waals surface area (Å²) in [6.45, 7) is 1.90. The third kappa shape index (κ3) is 1.50. The van der Waals surface area contributed by atoms with Crippen molar-refractivity contribution in [2.45, 2.75) is 38.2 Å². The van der Waals surface area contributed by atoms with Gasteiger partial charge in [0, 0.05) is 5.56 Å². The Morgan fingerprint density at radius 2 is 2.42 bits per heavy atom. The van der Waals surface area contributed by atoms with Gasteiger partial charge in [-0.1, -0.05) is 5.16 Å². The van der Waals surface area contributed by atoms with Crippen LogP contribution in [0.3, 0.4) is 0 Å². The number of aryl methyl sites for hydroxylation is 2. The highest BCUT2D eigenvalue weighted by Gasteiger charge is 2.39. The first-order valence-electron chi connectivity index (χ1n) is 4.32. The normalized spacial score (nSPS) is 19.5. The standard InChI is InChI=1S/C9H13NO2/c1-7-8(6-10-12-7)2-3-9(11)4-5-9/h6,11H,2-5H2,1H3. The third-order valence-corrected chi connectivity index (χ3v) is 2.54. The quantitative estimate of drug-likeness (QED) is 0.741. The predicted octanol–water partition coefficient (Wildman–Crippen LogP) is 1.44. The minimum atomic E-state index is -0.357. The summed E-state index contributed by atoms with van der Waals surface area (Å²) in [6.07, 6.45) is 5.37. The Hall–Kier alpha value is -0.830. The van der Waals surface area contributed by atoms with Gasteiger partial charge in [0.1, 0.15) is 5.76 Å². The van der Waals surface area contributed by atoms with Crippen LogP contribution in [0.1, 0.15) is 30.6 Å². The van der Waals surface area contributed by atoms with E-state index in [9.17, 15) is 5.11 Å². The van der Waals surface area contributed by atoms with Crippen molar-refractivity contribution in [3.8, 4) is 0 Å². The van der Waals surface area contributed by atoms with Crippen molar-refractivity contribution >= 4 is 0 Å². The van der Waals surface area contributed by atoms with Crippen LogP contribution in [-0.4, -0.2) is 15.9 Å². The second-order valence-corrected chi connectivity index (χ2v) is 3.63. The van der Waals surface area contributed by atoms with Crippen molar-refractivity contribution in [3.05, 3.63) is 17.5 Å². The van der Waals surface area contributed by atoms with Gasteiger partial charge >= 0.3 is 0 Å². The average Bonchev–Trinajstić information content (AvgIpc) is 2.61.